The Hall–Kier alpha value is -2.77. The van der Waals surface area contributed by atoms with E-state index < -0.39 is 17.9 Å². The number of carbonyl (C=O) groups is 2. The van der Waals surface area contributed by atoms with Crippen molar-refractivity contribution in [2.45, 2.75) is 19.0 Å². The monoisotopic (exact) mass is 533 g/mol. The van der Waals surface area contributed by atoms with Crippen LogP contribution in [0, 0.1) is 0 Å². The maximum atomic E-state index is 13.6. The number of hydrogen-bond donors (Lipinski definition) is 1. The number of thiophene rings is 1. The molecule has 4 aromatic rings. The van der Waals surface area contributed by atoms with E-state index >= 15 is 0 Å². The van der Waals surface area contributed by atoms with Gasteiger partial charge >= 0.3 is 5.97 Å². The van der Waals surface area contributed by atoms with Crippen molar-refractivity contribution in [1.29, 1.82) is 0 Å². The molecular formula is C25H18Cl3NO4S. The maximum absolute atomic E-state index is 13.6. The molecule has 4 rings (SSSR count). The van der Waals surface area contributed by atoms with Crippen LogP contribution < -0.4 is 0 Å². The van der Waals surface area contributed by atoms with E-state index in [-0.39, 0.29) is 23.6 Å². The lowest BCUT2D eigenvalue weighted by Gasteiger charge is -2.29. The zero-order valence-corrected chi connectivity index (χ0v) is 20.7. The Morgan fingerprint density at radius 2 is 1.74 bits per heavy atom. The van der Waals surface area contributed by atoms with Crippen LogP contribution in [0.5, 0.6) is 0 Å². The van der Waals surface area contributed by atoms with Crippen LogP contribution in [0.4, 0.5) is 0 Å². The Balaban J connectivity index is 1.70. The Bertz CT molecular complexity index is 1320. The van der Waals surface area contributed by atoms with Gasteiger partial charge in [0.15, 0.2) is 0 Å². The van der Waals surface area contributed by atoms with E-state index in [0.717, 1.165) is 10.4 Å². The molecule has 2 aromatic heterocycles. The summed E-state index contributed by atoms with van der Waals surface area (Å²) in [5, 5.41) is 10.6. The summed E-state index contributed by atoms with van der Waals surface area (Å²) >= 11 is 19.7. The molecule has 0 unspecified atom stereocenters. The number of benzene rings is 2. The molecule has 1 atom stereocenters. The first-order valence-corrected chi connectivity index (χ1v) is 12.1. The summed E-state index contributed by atoms with van der Waals surface area (Å²) in [7, 11) is 0. The fourth-order valence-corrected chi connectivity index (χ4v) is 5.01. The molecule has 34 heavy (non-hydrogen) atoms. The molecule has 0 spiro atoms. The van der Waals surface area contributed by atoms with E-state index in [2.05, 4.69) is 0 Å². The SMILES string of the molecule is O=C(O)[C@H](Cc1ccccc1)N(Cc1ccc(-c2ccc(Cl)s2)o1)C(=O)c1ccc(Cl)cc1Cl. The van der Waals surface area contributed by atoms with Gasteiger partial charge in [-0.3, -0.25) is 4.79 Å². The van der Waals surface area contributed by atoms with Crippen molar-refractivity contribution in [2.75, 3.05) is 0 Å². The quantitative estimate of drug-likeness (QED) is 0.257. The van der Waals surface area contributed by atoms with Gasteiger partial charge in [0.25, 0.3) is 5.91 Å². The number of carbonyl (C=O) groups excluding carboxylic acids is 1. The molecule has 1 amide bonds. The van der Waals surface area contributed by atoms with Crippen LogP contribution in [-0.4, -0.2) is 27.9 Å². The fourth-order valence-electron chi connectivity index (χ4n) is 3.52. The van der Waals surface area contributed by atoms with Gasteiger partial charge < -0.3 is 14.4 Å². The molecule has 1 N–H and O–H groups in total. The summed E-state index contributed by atoms with van der Waals surface area (Å²) in [6, 6.07) is 19.5. The van der Waals surface area contributed by atoms with E-state index in [1.54, 1.807) is 18.2 Å². The van der Waals surface area contributed by atoms with Crippen LogP contribution in [-0.2, 0) is 17.8 Å². The van der Waals surface area contributed by atoms with Crippen molar-refractivity contribution < 1.29 is 19.1 Å². The number of aliphatic carboxylic acids is 1. The van der Waals surface area contributed by atoms with Gasteiger partial charge in [0.1, 0.15) is 17.6 Å². The molecule has 174 valence electrons. The molecule has 5 nitrogen and oxygen atoms in total. The minimum atomic E-state index is -1.16. The summed E-state index contributed by atoms with van der Waals surface area (Å²) < 4.78 is 6.56. The highest BCUT2D eigenvalue weighted by Crippen LogP contribution is 2.33. The van der Waals surface area contributed by atoms with Crippen LogP contribution in [0.3, 0.4) is 0 Å². The van der Waals surface area contributed by atoms with E-state index in [1.807, 2.05) is 36.4 Å². The molecule has 0 fully saturated rings. The minimum Gasteiger partial charge on any atom is -0.480 e. The number of halogens is 3. The molecule has 0 bridgehead atoms. The highest BCUT2D eigenvalue weighted by atomic mass is 35.5. The third kappa shape index (κ3) is 5.65. The van der Waals surface area contributed by atoms with Gasteiger partial charge in [0, 0.05) is 11.4 Å². The third-order valence-electron chi connectivity index (χ3n) is 5.16. The van der Waals surface area contributed by atoms with Gasteiger partial charge in [-0.25, -0.2) is 4.79 Å². The summed E-state index contributed by atoms with van der Waals surface area (Å²) in [6.45, 7) is -0.0688. The van der Waals surface area contributed by atoms with Crippen molar-refractivity contribution in [3.05, 3.63) is 104 Å². The lowest BCUT2D eigenvalue weighted by molar-refractivity contribution is -0.142. The number of hydrogen-bond acceptors (Lipinski definition) is 4. The van der Waals surface area contributed by atoms with Crippen molar-refractivity contribution in [3.8, 4) is 10.6 Å². The fraction of sp³-hybridized carbons (Fsp3) is 0.120. The highest BCUT2D eigenvalue weighted by Gasteiger charge is 2.32. The third-order valence-corrected chi connectivity index (χ3v) is 6.95. The standard InChI is InChI=1S/C25H18Cl3NO4S/c26-16-6-8-18(19(27)13-16)24(30)29(20(25(31)32)12-15-4-2-1-3-5-15)14-17-7-9-21(33-17)22-10-11-23(28)34-22/h1-11,13,20H,12,14H2,(H,31,32)/t20-/m0/s1. The molecule has 0 aliphatic heterocycles. The summed E-state index contributed by atoms with van der Waals surface area (Å²) in [6.07, 6.45) is 0.112. The first kappa shape index (κ1) is 24.4. The molecule has 9 heteroatoms. The number of amides is 1. The predicted octanol–water partition coefficient (Wildman–Crippen LogP) is 7.31. The predicted molar refractivity (Wildman–Crippen MR) is 135 cm³/mol. The topological polar surface area (TPSA) is 70.8 Å². The Morgan fingerprint density at radius 3 is 2.38 bits per heavy atom. The molecule has 0 radical (unpaired) electrons. The number of carboxylic acid groups (broad SMARTS) is 1. The Labute approximate surface area is 215 Å². The Kier molecular flexibility index (Phi) is 7.63. The molecule has 2 aromatic carbocycles. The lowest BCUT2D eigenvalue weighted by atomic mass is 10.0. The first-order chi connectivity index (χ1) is 16.3. The van der Waals surface area contributed by atoms with Crippen LogP contribution in [0.25, 0.3) is 10.6 Å². The van der Waals surface area contributed by atoms with E-state index in [4.69, 9.17) is 39.2 Å². The lowest BCUT2D eigenvalue weighted by Crippen LogP contribution is -2.46. The van der Waals surface area contributed by atoms with Crippen LogP contribution in [0.2, 0.25) is 14.4 Å². The molecule has 0 saturated heterocycles. The largest absolute Gasteiger partial charge is 0.480 e. The van der Waals surface area contributed by atoms with Crippen LogP contribution in [0.15, 0.2) is 77.2 Å². The zero-order chi connectivity index (χ0) is 24.2. The average Bonchev–Trinajstić information content (AvgIpc) is 3.45. The molecular weight excluding hydrogens is 517 g/mol. The highest BCUT2D eigenvalue weighted by molar-refractivity contribution is 7.19. The van der Waals surface area contributed by atoms with Gasteiger partial charge in [0.2, 0.25) is 0 Å². The van der Waals surface area contributed by atoms with Crippen LogP contribution >= 0.6 is 46.1 Å². The number of carboxylic acids is 1. The molecule has 0 aliphatic carbocycles. The molecule has 2 heterocycles. The average molecular weight is 535 g/mol. The van der Waals surface area contributed by atoms with Gasteiger partial charge in [-0.05, 0) is 48.0 Å². The minimum absolute atomic E-state index is 0.0688. The molecule has 0 aliphatic rings. The van der Waals surface area contributed by atoms with Gasteiger partial charge in [-0.15, -0.1) is 11.3 Å². The summed E-state index contributed by atoms with van der Waals surface area (Å²) in [5.41, 5.74) is 0.936. The first-order valence-electron chi connectivity index (χ1n) is 10.2. The molecule has 0 saturated carbocycles. The van der Waals surface area contributed by atoms with E-state index in [9.17, 15) is 14.7 Å². The van der Waals surface area contributed by atoms with Crippen molar-refractivity contribution in [3.63, 3.8) is 0 Å². The van der Waals surface area contributed by atoms with Crippen molar-refractivity contribution in [2.24, 2.45) is 0 Å². The van der Waals surface area contributed by atoms with Crippen molar-refractivity contribution >= 4 is 58.0 Å². The van der Waals surface area contributed by atoms with Gasteiger partial charge in [-0.1, -0.05) is 65.1 Å². The second kappa shape index (κ2) is 10.7. The van der Waals surface area contributed by atoms with Crippen molar-refractivity contribution in [1.82, 2.24) is 4.90 Å². The number of furan rings is 1. The summed E-state index contributed by atoms with van der Waals surface area (Å²) in [5.74, 6) is -0.669. The zero-order valence-electron chi connectivity index (χ0n) is 17.6. The Morgan fingerprint density at radius 1 is 0.971 bits per heavy atom. The van der Waals surface area contributed by atoms with Crippen LogP contribution in [0.1, 0.15) is 21.7 Å². The van der Waals surface area contributed by atoms with Gasteiger partial charge in [-0.2, -0.15) is 0 Å². The second-order valence-electron chi connectivity index (χ2n) is 7.47. The smallest absolute Gasteiger partial charge is 0.326 e. The number of rotatable bonds is 8. The second-order valence-corrected chi connectivity index (χ2v) is 10.0. The van der Waals surface area contributed by atoms with E-state index in [1.165, 1.54) is 34.4 Å². The summed E-state index contributed by atoms with van der Waals surface area (Å²) in [4.78, 5) is 28.0. The van der Waals surface area contributed by atoms with E-state index in [0.29, 0.717) is 20.9 Å². The van der Waals surface area contributed by atoms with Gasteiger partial charge in [0.05, 0.1) is 26.3 Å². The maximum Gasteiger partial charge on any atom is 0.326 e. The normalized spacial score (nSPS) is 11.9. The number of nitrogens with zero attached hydrogens (tertiary/aromatic N) is 1.